The summed E-state index contributed by atoms with van der Waals surface area (Å²) < 4.78 is 31.2. The second-order valence-corrected chi connectivity index (χ2v) is 8.92. The van der Waals surface area contributed by atoms with Gasteiger partial charge in [0.25, 0.3) is 0 Å². The SMILES string of the molecule is CCCC(C)(C)c1ccccc1OP(=O)(Oc1ccccc1)Oc1ccccc1. The molecule has 29 heavy (non-hydrogen) atoms. The van der Waals surface area contributed by atoms with E-state index in [4.69, 9.17) is 13.6 Å². The summed E-state index contributed by atoms with van der Waals surface area (Å²) >= 11 is 0. The number of para-hydroxylation sites is 3. The van der Waals surface area contributed by atoms with Crippen LogP contribution in [0.1, 0.15) is 39.2 Å². The molecule has 0 saturated carbocycles. The molecule has 0 aliphatic rings. The van der Waals surface area contributed by atoms with Crippen LogP contribution in [0.25, 0.3) is 0 Å². The van der Waals surface area contributed by atoms with Crippen molar-refractivity contribution in [2.24, 2.45) is 0 Å². The molecule has 0 fully saturated rings. The van der Waals surface area contributed by atoms with Crippen molar-refractivity contribution in [2.75, 3.05) is 0 Å². The summed E-state index contributed by atoms with van der Waals surface area (Å²) in [6.45, 7) is 6.45. The van der Waals surface area contributed by atoms with Gasteiger partial charge >= 0.3 is 7.82 Å². The van der Waals surface area contributed by atoms with Gasteiger partial charge in [0.2, 0.25) is 0 Å². The molecule has 0 aliphatic heterocycles. The molecular formula is C24H27O4P. The normalized spacial score (nSPS) is 11.7. The summed E-state index contributed by atoms with van der Waals surface area (Å²) in [6, 6.07) is 25.4. The lowest BCUT2D eigenvalue weighted by molar-refractivity contribution is 0.294. The quantitative estimate of drug-likeness (QED) is 0.345. The minimum Gasteiger partial charge on any atom is -0.386 e. The van der Waals surface area contributed by atoms with Crippen LogP contribution in [0.5, 0.6) is 17.2 Å². The lowest BCUT2D eigenvalue weighted by atomic mass is 9.80. The number of phosphoric ester groups is 1. The highest BCUT2D eigenvalue weighted by Gasteiger charge is 2.35. The fraction of sp³-hybridized carbons (Fsp3) is 0.250. The van der Waals surface area contributed by atoms with Crippen LogP contribution in [0.15, 0.2) is 84.9 Å². The third kappa shape index (κ3) is 5.65. The van der Waals surface area contributed by atoms with Crippen LogP contribution in [-0.2, 0) is 9.98 Å². The van der Waals surface area contributed by atoms with E-state index in [1.807, 2.05) is 36.4 Å². The molecule has 0 N–H and O–H groups in total. The van der Waals surface area contributed by atoms with E-state index < -0.39 is 7.82 Å². The molecule has 0 amide bonds. The van der Waals surface area contributed by atoms with Crippen molar-refractivity contribution >= 4 is 7.82 Å². The Labute approximate surface area is 173 Å². The molecule has 0 atom stereocenters. The van der Waals surface area contributed by atoms with Crippen LogP contribution in [0.2, 0.25) is 0 Å². The third-order valence-electron chi connectivity index (χ3n) is 4.62. The van der Waals surface area contributed by atoms with Gasteiger partial charge in [-0.2, -0.15) is 4.57 Å². The summed E-state index contributed by atoms with van der Waals surface area (Å²) in [5.74, 6) is 1.33. The third-order valence-corrected chi connectivity index (χ3v) is 5.91. The maximum Gasteiger partial charge on any atom is 0.647 e. The highest BCUT2D eigenvalue weighted by molar-refractivity contribution is 7.49. The largest absolute Gasteiger partial charge is 0.647 e. The second kappa shape index (κ2) is 9.19. The van der Waals surface area contributed by atoms with E-state index in [-0.39, 0.29) is 5.41 Å². The molecule has 0 unspecified atom stereocenters. The summed E-state index contributed by atoms with van der Waals surface area (Å²) in [5.41, 5.74) is 0.825. The fourth-order valence-electron chi connectivity index (χ4n) is 3.26. The molecule has 0 radical (unpaired) electrons. The number of phosphoric acid groups is 1. The van der Waals surface area contributed by atoms with Gasteiger partial charge in [-0.15, -0.1) is 0 Å². The monoisotopic (exact) mass is 410 g/mol. The van der Waals surface area contributed by atoms with E-state index in [1.165, 1.54) is 0 Å². The van der Waals surface area contributed by atoms with E-state index in [1.54, 1.807) is 48.5 Å². The molecule has 0 bridgehead atoms. The second-order valence-electron chi connectivity index (χ2n) is 7.48. The predicted molar refractivity (Wildman–Crippen MR) is 117 cm³/mol. The standard InChI is InChI=1S/C24H27O4P/c1-4-19-24(2,3)22-17-11-12-18-23(22)28-29(25,26-20-13-7-5-8-14-20)27-21-15-9-6-10-16-21/h5-18H,4,19H2,1-3H3. The minimum absolute atomic E-state index is 0.143. The van der Waals surface area contributed by atoms with E-state index in [2.05, 4.69) is 20.8 Å². The summed E-state index contributed by atoms with van der Waals surface area (Å²) in [4.78, 5) is 0. The molecule has 0 aromatic heterocycles. The summed E-state index contributed by atoms with van der Waals surface area (Å²) in [5, 5.41) is 0. The van der Waals surface area contributed by atoms with E-state index in [0.717, 1.165) is 18.4 Å². The zero-order valence-corrected chi connectivity index (χ0v) is 18.0. The first kappa shape index (κ1) is 21.0. The van der Waals surface area contributed by atoms with Crippen molar-refractivity contribution in [3.63, 3.8) is 0 Å². The first-order valence-corrected chi connectivity index (χ1v) is 11.3. The number of hydrogen-bond acceptors (Lipinski definition) is 4. The van der Waals surface area contributed by atoms with E-state index >= 15 is 0 Å². The Kier molecular flexibility index (Phi) is 6.66. The molecule has 152 valence electrons. The Morgan fingerprint density at radius 1 is 0.724 bits per heavy atom. The molecular weight excluding hydrogens is 383 g/mol. The van der Waals surface area contributed by atoms with Gasteiger partial charge in [-0.3, -0.25) is 0 Å². The summed E-state index contributed by atoms with van der Waals surface area (Å²) in [7, 11) is -4.00. The van der Waals surface area contributed by atoms with E-state index in [9.17, 15) is 4.57 Å². The molecule has 3 aromatic carbocycles. The van der Waals surface area contributed by atoms with Gasteiger partial charge in [0.1, 0.15) is 17.2 Å². The molecule has 3 aromatic rings. The van der Waals surface area contributed by atoms with Crippen molar-refractivity contribution in [3.05, 3.63) is 90.5 Å². The smallest absolute Gasteiger partial charge is 0.386 e. The van der Waals surface area contributed by atoms with Crippen LogP contribution < -0.4 is 13.6 Å². The van der Waals surface area contributed by atoms with Gasteiger partial charge < -0.3 is 13.6 Å². The van der Waals surface area contributed by atoms with Crippen LogP contribution >= 0.6 is 7.82 Å². The van der Waals surface area contributed by atoms with Crippen molar-refractivity contribution in [1.29, 1.82) is 0 Å². The highest BCUT2D eigenvalue weighted by Crippen LogP contribution is 2.51. The zero-order chi connectivity index (χ0) is 20.7. The Morgan fingerprint density at radius 2 is 1.21 bits per heavy atom. The van der Waals surface area contributed by atoms with Gasteiger partial charge in [-0.05, 0) is 42.2 Å². The van der Waals surface area contributed by atoms with Gasteiger partial charge in [0, 0.05) is 5.56 Å². The van der Waals surface area contributed by atoms with Gasteiger partial charge in [-0.1, -0.05) is 81.8 Å². The molecule has 0 aliphatic carbocycles. The molecule has 0 saturated heterocycles. The predicted octanol–water partition coefficient (Wildman–Crippen LogP) is 7.41. The number of rotatable bonds is 9. The highest BCUT2D eigenvalue weighted by atomic mass is 31.2. The fourth-order valence-corrected chi connectivity index (χ4v) is 4.53. The van der Waals surface area contributed by atoms with Crippen LogP contribution in [0.4, 0.5) is 0 Å². The average molecular weight is 410 g/mol. The lowest BCUT2D eigenvalue weighted by Crippen LogP contribution is -2.18. The van der Waals surface area contributed by atoms with Crippen LogP contribution in [0, 0.1) is 0 Å². The van der Waals surface area contributed by atoms with Crippen molar-refractivity contribution in [2.45, 2.75) is 39.0 Å². The van der Waals surface area contributed by atoms with Crippen molar-refractivity contribution in [3.8, 4) is 17.2 Å². The zero-order valence-electron chi connectivity index (χ0n) is 17.1. The first-order chi connectivity index (χ1) is 13.9. The Bertz CT molecular complexity index is 909. The average Bonchev–Trinajstić information content (AvgIpc) is 2.69. The van der Waals surface area contributed by atoms with Crippen molar-refractivity contribution in [1.82, 2.24) is 0 Å². The molecule has 0 spiro atoms. The lowest BCUT2D eigenvalue weighted by Gasteiger charge is -2.28. The van der Waals surface area contributed by atoms with Gasteiger partial charge in [-0.25, -0.2) is 0 Å². The minimum atomic E-state index is -4.00. The number of benzene rings is 3. The Balaban J connectivity index is 1.96. The Morgan fingerprint density at radius 3 is 1.72 bits per heavy atom. The van der Waals surface area contributed by atoms with E-state index in [0.29, 0.717) is 17.2 Å². The number of hydrogen-bond donors (Lipinski definition) is 0. The molecule has 4 nitrogen and oxygen atoms in total. The molecule has 3 rings (SSSR count). The van der Waals surface area contributed by atoms with Crippen molar-refractivity contribution < 1.29 is 18.1 Å². The van der Waals surface area contributed by atoms with Crippen LogP contribution in [0.3, 0.4) is 0 Å². The van der Waals surface area contributed by atoms with Crippen LogP contribution in [-0.4, -0.2) is 0 Å². The summed E-state index contributed by atoms with van der Waals surface area (Å²) in [6.07, 6.45) is 2.00. The van der Waals surface area contributed by atoms with Gasteiger partial charge in [0.15, 0.2) is 0 Å². The first-order valence-electron chi connectivity index (χ1n) is 9.80. The Hall–Kier alpha value is -2.71. The topological polar surface area (TPSA) is 44.8 Å². The van der Waals surface area contributed by atoms with Gasteiger partial charge in [0.05, 0.1) is 0 Å². The molecule has 0 heterocycles. The maximum absolute atomic E-state index is 13.7. The molecule has 5 heteroatoms. The maximum atomic E-state index is 13.7.